The molecule has 1 heterocycles. The molecule has 1 N–H and O–H groups in total. The molecule has 0 aliphatic heterocycles. The lowest BCUT2D eigenvalue weighted by atomic mass is 10.1. The van der Waals surface area contributed by atoms with Crippen molar-refractivity contribution in [3.05, 3.63) is 41.0 Å². The third kappa shape index (κ3) is 4.13. The van der Waals surface area contributed by atoms with Crippen LogP contribution in [0.4, 0.5) is 0 Å². The Morgan fingerprint density at radius 1 is 1.29 bits per heavy atom. The molecule has 1 aromatic carbocycles. The van der Waals surface area contributed by atoms with Crippen LogP contribution >= 0.6 is 0 Å². The van der Waals surface area contributed by atoms with Gasteiger partial charge in [-0.25, -0.2) is 9.67 Å². The maximum absolute atomic E-state index is 12.2. The first-order valence-electron chi connectivity index (χ1n) is 8.30. The highest BCUT2D eigenvalue weighted by Crippen LogP contribution is 2.25. The van der Waals surface area contributed by atoms with E-state index >= 15 is 0 Å². The lowest BCUT2D eigenvalue weighted by molar-refractivity contribution is -0.123. The van der Waals surface area contributed by atoms with Crippen molar-refractivity contribution < 1.29 is 9.53 Å². The van der Waals surface area contributed by atoms with E-state index in [-0.39, 0.29) is 18.6 Å². The van der Waals surface area contributed by atoms with Gasteiger partial charge in [-0.1, -0.05) is 19.1 Å². The number of aromatic nitrogens is 3. The Labute approximate surface area is 143 Å². The molecule has 0 saturated heterocycles. The standard InChI is InChI=1S/C18H26N4O2/c1-6-9-22-18(19-11-20-22)15(5)21-16(23)10-24-17-13(3)8-7-12(2)14(17)4/h7-8,11,15H,6,9-10H2,1-5H3,(H,21,23). The third-order valence-corrected chi connectivity index (χ3v) is 4.07. The number of ether oxygens (including phenoxy) is 1. The van der Waals surface area contributed by atoms with Crippen LogP contribution in [0.15, 0.2) is 18.5 Å². The van der Waals surface area contributed by atoms with Gasteiger partial charge in [0.25, 0.3) is 5.91 Å². The van der Waals surface area contributed by atoms with Crippen LogP contribution in [0.1, 0.15) is 48.8 Å². The smallest absolute Gasteiger partial charge is 0.258 e. The molecular formula is C18H26N4O2. The monoisotopic (exact) mass is 330 g/mol. The van der Waals surface area contributed by atoms with E-state index in [2.05, 4.69) is 28.4 Å². The summed E-state index contributed by atoms with van der Waals surface area (Å²) in [4.78, 5) is 16.4. The Morgan fingerprint density at radius 3 is 2.71 bits per heavy atom. The molecule has 1 aromatic heterocycles. The molecule has 0 spiro atoms. The molecule has 0 aliphatic carbocycles. The molecule has 0 fully saturated rings. The van der Waals surface area contributed by atoms with E-state index in [1.807, 2.05) is 38.4 Å². The Hall–Kier alpha value is -2.37. The van der Waals surface area contributed by atoms with Crippen molar-refractivity contribution in [2.45, 2.75) is 53.6 Å². The fourth-order valence-corrected chi connectivity index (χ4v) is 2.63. The van der Waals surface area contributed by atoms with Crippen LogP contribution < -0.4 is 10.1 Å². The molecule has 130 valence electrons. The lowest BCUT2D eigenvalue weighted by Crippen LogP contribution is -2.33. The Balaban J connectivity index is 1.96. The average Bonchev–Trinajstić information content (AvgIpc) is 3.00. The predicted octanol–water partition coefficient (Wildman–Crippen LogP) is 2.87. The molecule has 6 nitrogen and oxygen atoms in total. The molecule has 24 heavy (non-hydrogen) atoms. The van der Waals surface area contributed by atoms with Gasteiger partial charge in [-0.15, -0.1) is 0 Å². The minimum Gasteiger partial charge on any atom is -0.483 e. The van der Waals surface area contributed by atoms with Crippen LogP contribution in [0.25, 0.3) is 0 Å². The first-order valence-corrected chi connectivity index (χ1v) is 8.30. The molecule has 2 aromatic rings. The van der Waals surface area contributed by atoms with Crippen LogP contribution in [0.3, 0.4) is 0 Å². The van der Waals surface area contributed by atoms with Crippen LogP contribution in [0.5, 0.6) is 5.75 Å². The fraction of sp³-hybridized carbons (Fsp3) is 0.500. The topological polar surface area (TPSA) is 69.0 Å². The molecule has 6 heteroatoms. The summed E-state index contributed by atoms with van der Waals surface area (Å²) in [5.74, 6) is 1.37. The molecule has 1 unspecified atom stereocenters. The molecular weight excluding hydrogens is 304 g/mol. The summed E-state index contributed by atoms with van der Waals surface area (Å²) in [6.45, 7) is 10.8. The average molecular weight is 330 g/mol. The van der Waals surface area contributed by atoms with Crippen molar-refractivity contribution in [2.75, 3.05) is 6.61 Å². The van der Waals surface area contributed by atoms with E-state index in [1.165, 1.54) is 6.33 Å². The van der Waals surface area contributed by atoms with Gasteiger partial charge in [-0.2, -0.15) is 5.10 Å². The van der Waals surface area contributed by atoms with Crippen molar-refractivity contribution in [2.24, 2.45) is 0 Å². The van der Waals surface area contributed by atoms with E-state index in [4.69, 9.17) is 4.74 Å². The van der Waals surface area contributed by atoms with Gasteiger partial charge in [0.2, 0.25) is 0 Å². The first kappa shape index (κ1) is 18.0. The van der Waals surface area contributed by atoms with E-state index in [0.29, 0.717) is 0 Å². The lowest BCUT2D eigenvalue weighted by Gasteiger charge is -2.16. The van der Waals surface area contributed by atoms with Crippen molar-refractivity contribution in [3.63, 3.8) is 0 Å². The molecule has 1 atom stereocenters. The Kier molecular flexibility index (Phi) is 5.95. The van der Waals surface area contributed by atoms with Crippen LogP contribution in [-0.4, -0.2) is 27.3 Å². The summed E-state index contributed by atoms with van der Waals surface area (Å²) in [5.41, 5.74) is 3.25. The molecule has 0 bridgehead atoms. The van der Waals surface area contributed by atoms with Crippen molar-refractivity contribution in [3.8, 4) is 5.75 Å². The number of nitrogens with zero attached hydrogens (tertiary/aromatic N) is 3. The van der Waals surface area contributed by atoms with Crippen molar-refractivity contribution in [1.29, 1.82) is 0 Å². The number of carbonyl (C=O) groups excluding carboxylic acids is 1. The van der Waals surface area contributed by atoms with Gasteiger partial charge in [0, 0.05) is 6.54 Å². The molecule has 0 radical (unpaired) electrons. The highest BCUT2D eigenvalue weighted by Gasteiger charge is 2.16. The minimum atomic E-state index is -0.213. The minimum absolute atomic E-state index is 0.0165. The highest BCUT2D eigenvalue weighted by molar-refractivity contribution is 5.78. The maximum atomic E-state index is 12.2. The van der Waals surface area contributed by atoms with Gasteiger partial charge in [-0.05, 0) is 50.8 Å². The number of hydrogen-bond donors (Lipinski definition) is 1. The second-order valence-corrected chi connectivity index (χ2v) is 6.07. The maximum Gasteiger partial charge on any atom is 0.258 e. The van der Waals surface area contributed by atoms with Crippen LogP contribution in [-0.2, 0) is 11.3 Å². The largest absolute Gasteiger partial charge is 0.483 e. The second-order valence-electron chi connectivity index (χ2n) is 6.07. The summed E-state index contributed by atoms with van der Waals surface area (Å²) in [6, 6.07) is 3.85. The van der Waals surface area contributed by atoms with Gasteiger partial charge in [0.1, 0.15) is 17.9 Å². The van der Waals surface area contributed by atoms with E-state index in [1.54, 1.807) is 0 Å². The normalized spacial score (nSPS) is 12.0. The van der Waals surface area contributed by atoms with Gasteiger partial charge >= 0.3 is 0 Å². The SMILES string of the molecule is CCCn1ncnc1C(C)NC(=O)COc1c(C)ccc(C)c1C. The molecule has 0 saturated carbocycles. The molecule has 0 aliphatic rings. The van der Waals surface area contributed by atoms with Crippen LogP contribution in [0, 0.1) is 20.8 Å². The van der Waals surface area contributed by atoms with Crippen molar-refractivity contribution in [1.82, 2.24) is 20.1 Å². The summed E-state index contributed by atoms with van der Waals surface area (Å²) in [5, 5.41) is 7.10. The summed E-state index contributed by atoms with van der Waals surface area (Å²) < 4.78 is 7.57. The zero-order valence-electron chi connectivity index (χ0n) is 15.1. The second kappa shape index (κ2) is 7.95. The zero-order chi connectivity index (χ0) is 17.7. The summed E-state index contributed by atoms with van der Waals surface area (Å²) in [6.07, 6.45) is 2.48. The van der Waals surface area contributed by atoms with Gasteiger partial charge in [-0.3, -0.25) is 4.79 Å². The number of rotatable bonds is 7. The third-order valence-electron chi connectivity index (χ3n) is 4.07. The number of hydrogen-bond acceptors (Lipinski definition) is 4. The molecule has 2 rings (SSSR count). The quantitative estimate of drug-likeness (QED) is 0.847. The number of nitrogens with one attached hydrogen (secondary N) is 1. The van der Waals surface area contributed by atoms with Gasteiger partial charge in [0.15, 0.2) is 6.61 Å². The highest BCUT2D eigenvalue weighted by atomic mass is 16.5. The first-order chi connectivity index (χ1) is 11.4. The van der Waals surface area contributed by atoms with E-state index < -0.39 is 0 Å². The van der Waals surface area contributed by atoms with Gasteiger partial charge < -0.3 is 10.1 Å². The number of carbonyl (C=O) groups is 1. The van der Waals surface area contributed by atoms with E-state index in [9.17, 15) is 4.79 Å². The Bertz CT molecular complexity index is 709. The number of amides is 1. The van der Waals surface area contributed by atoms with Crippen LogP contribution in [0.2, 0.25) is 0 Å². The molecule has 1 amide bonds. The Morgan fingerprint density at radius 2 is 2.00 bits per heavy atom. The predicted molar refractivity (Wildman–Crippen MR) is 93.0 cm³/mol. The summed E-state index contributed by atoms with van der Waals surface area (Å²) in [7, 11) is 0. The van der Waals surface area contributed by atoms with Gasteiger partial charge in [0.05, 0.1) is 6.04 Å². The number of aryl methyl sites for hydroxylation is 3. The summed E-state index contributed by atoms with van der Waals surface area (Å²) >= 11 is 0. The fourth-order valence-electron chi connectivity index (χ4n) is 2.63. The van der Waals surface area contributed by atoms with E-state index in [0.717, 1.165) is 41.2 Å². The number of benzene rings is 1. The van der Waals surface area contributed by atoms with Crippen molar-refractivity contribution >= 4 is 5.91 Å². The zero-order valence-corrected chi connectivity index (χ0v) is 15.1.